The van der Waals surface area contributed by atoms with Gasteiger partial charge in [-0.05, 0) is 62.8 Å². The predicted molar refractivity (Wildman–Crippen MR) is 122 cm³/mol. The Kier molecular flexibility index (Phi) is 11.0. The van der Waals surface area contributed by atoms with Crippen LogP contribution in [0.5, 0.6) is 0 Å². The molecule has 0 fully saturated rings. The number of nitrogens with zero attached hydrogens (tertiary/aromatic N) is 2. The number of rotatable bonds is 8. The molecule has 0 aliphatic rings. The van der Waals surface area contributed by atoms with Gasteiger partial charge in [-0.25, -0.2) is 13.8 Å². The highest BCUT2D eigenvalue weighted by atomic mass is 127. The van der Waals surface area contributed by atoms with Crippen LogP contribution < -0.4 is 10.6 Å². The van der Waals surface area contributed by atoms with E-state index in [1.807, 2.05) is 38.1 Å². The van der Waals surface area contributed by atoms with Crippen molar-refractivity contribution < 1.29 is 8.78 Å². The van der Waals surface area contributed by atoms with Crippen molar-refractivity contribution in [3.8, 4) is 0 Å². The summed E-state index contributed by atoms with van der Waals surface area (Å²) in [6, 6.07) is 11.7. The standard InChI is InChI=1S/C21H28F2N4.HI/c1-4-24-21(25-11-10-16-6-5-7-19(22)13-16)26-14-17-8-9-20(23)18(12-17)15-27(2)3;/h5-9,12-13H,4,10-11,14-15H2,1-3H3,(H2,24,25,26);1H. The molecule has 0 atom stereocenters. The fraction of sp³-hybridized carbons (Fsp3) is 0.381. The third kappa shape index (κ3) is 8.52. The zero-order valence-corrected chi connectivity index (χ0v) is 19.0. The highest BCUT2D eigenvalue weighted by molar-refractivity contribution is 14.0. The number of aliphatic imine (C=N–C) groups is 1. The summed E-state index contributed by atoms with van der Waals surface area (Å²) in [6.45, 7) is 4.38. The van der Waals surface area contributed by atoms with Gasteiger partial charge in [0.2, 0.25) is 0 Å². The van der Waals surface area contributed by atoms with E-state index in [-0.39, 0.29) is 35.6 Å². The minimum atomic E-state index is -0.224. The van der Waals surface area contributed by atoms with Gasteiger partial charge in [-0.15, -0.1) is 24.0 Å². The summed E-state index contributed by atoms with van der Waals surface area (Å²) in [6.07, 6.45) is 0.700. The van der Waals surface area contributed by atoms with Crippen molar-refractivity contribution in [2.75, 3.05) is 27.2 Å². The largest absolute Gasteiger partial charge is 0.357 e. The topological polar surface area (TPSA) is 39.7 Å². The molecule has 28 heavy (non-hydrogen) atoms. The summed E-state index contributed by atoms with van der Waals surface area (Å²) in [4.78, 5) is 6.50. The minimum Gasteiger partial charge on any atom is -0.357 e. The molecule has 0 spiro atoms. The van der Waals surface area contributed by atoms with Crippen LogP contribution in [0.25, 0.3) is 0 Å². The van der Waals surface area contributed by atoms with Gasteiger partial charge in [0, 0.05) is 25.2 Å². The zero-order chi connectivity index (χ0) is 19.6. The Bertz CT molecular complexity index is 766. The lowest BCUT2D eigenvalue weighted by molar-refractivity contribution is 0.392. The summed E-state index contributed by atoms with van der Waals surface area (Å²) in [5.41, 5.74) is 2.55. The van der Waals surface area contributed by atoms with Crippen molar-refractivity contribution in [2.24, 2.45) is 4.99 Å². The molecule has 0 amide bonds. The van der Waals surface area contributed by atoms with Crippen LogP contribution in [0.1, 0.15) is 23.6 Å². The SMILES string of the molecule is CCNC(=NCc1ccc(F)c(CN(C)C)c1)NCCc1cccc(F)c1.I. The molecule has 154 valence electrons. The maximum atomic E-state index is 13.9. The molecular formula is C21H29F2IN4. The van der Waals surface area contributed by atoms with E-state index in [1.165, 1.54) is 18.2 Å². The van der Waals surface area contributed by atoms with Crippen molar-refractivity contribution in [3.05, 3.63) is 70.8 Å². The van der Waals surface area contributed by atoms with E-state index in [0.717, 1.165) is 17.7 Å². The van der Waals surface area contributed by atoms with Gasteiger partial charge in [0.15, 0.2) is 5.96 Å². The van der Waals surface area contributed by atoms with Crippen molar-refractivity contribution in [1.82, 2.24) is 15.5 Å². The second-order valence-electron chi connectivity index (χ2n) is 6.67. The molecule has 0 saturated heterocycles. The normalized spacial score (nSPS) is 11.3. The van der Waals surface area contributed by atoms with Gasteiger partial charge >= 0.3 is 0 Å². The first kappa shape index (κ1) is 24.3. The van der Waals surface area contributed by atoms with Crippen LogP contribution in [0, 0.1) is 11.6 Å². The zero-order valence-electron chi connectivity index (χ0n) is 16.6. The Hall–Kier alpha value is -1.74. The van der Waals surface area contributed by atoms with E-state index in [0.29, 0.717) is 37.6 Å². The molecule has 2 aromatic carbocycles. The van der Waals surface area contributed by atoms with E-state index in [2.05, 4.69) is 15.6 Å². The van der Waals surface area contributed by atoms with Crippen molar-refractivity contribution in [1.29, 1.82) is 0 Å². The molecule has 0 aliphatic carbocycles. The van der Waals surface area contributed by atoms with Crippen molar-refractivity contribution in [3.63, 3.8) is 0 Å². The highest BCUT2D eigenvalue weighted by Crippen LogP contribution is 2.13. The number of halogens is 3. The molecule has 0 aliphatic heterocycles. The predicted octanol–water partition coefficient (Wildman–Crippen LogP) is 3.94. The molecular weight excluding hydrogens is 473 g/mol. The van der Waals surface area contributed by atoms with Crippen LogP contribution in [0.15, 0.2) is 47.5 Å². The fourth-order valence-electron chi connectivity index (χ4n) is 2.72. The van der Waals surface area contributed by atoms with Gasteiger partial charge in [0.1, 0.15) is 11.6 Å². The summed E-state index contributed by atoms with van der Waals surface area (Å²) < 4.78 is 27.1. The maximum Gasteiger partial charge on any atom is 0.191 e. The molecule has 2 rings (SSSR count). The van der Waals surface area contributed by atoms with Crippen LogP contribution in [0.2, 0.25) is 0 Å². The molecule has 2 aromatic rings. The first-order valence-electron chi connectivity index (χ1n) is 9.16. The Balaban J connectivity index is 0.00000392. The molecule has 4 nitrogen and oxygen atoms in total. The lowest BCUT2D eigenvalue weighted by Gasteiger charge is -2.13. The van der Waals surface area contributed by atoms with E-state index in [9.17, 15) is 8.78 Å². The Morgan fingerprint density at radius 3 is 2.50 bits per heavy atom. The van der Waals surface area contributed by atoms with Gasteiger partial charge in [-0.2, -0.15) is 0 Å². The van der Waals surface area contributed by atoms with Gasteiger partial charge < -0.3 is 15.5 Å². The van der Waals surface area contributed by atoms with Gasteiger partial charge in [-0.1, -0.05) is 18.2 Å². The van der Waals surface area contributed by atoms with Gasteiger partial charge in [0.05, 0.1) is 6.54 Å². The number of hydrogen-bond donors (Lipinski definition) is 2. The molecule has 0 radical (unpaired) electrons. The molecule has 0 bridgehead atoms. The van der Waals surface area contributed by atoms with E-state index >= 15 is 0 Å². The molecule has 0 unspecified atom stereocenters. The first-order chi connectivity index (χ1) is 13.0. The second-order valence-corrected chi connectivity index (χ2v) is 6.67. The number of hydrogen-bond acceptors (Lipinski definition) is 2. The third-order valence-electron chi connectivity index (χ3n) is 3.96. The second kappa shape index (κ2) is 12.7. The smallest absolute Gasteiger partial charge is 0.191 e. The van der Waals surface area contributed by atoms with Crippen molar-refractivity contribution in [2.45, 2.75) is 26.4 Å². The van der Waals surface area contributed by atoms with Gasteiger partial charge in [0.25, 0.3) is 0 Å². The van der Waals surface area contributed by atoms with Crippen molar-refractivity contribution >= 4 is 29.9 Å². The van der Waals surface area contributed by atoms with Crippen LogP contribution >= 0.6 is 24.0 Å². The lowest BCUT2D eigenvalue weighted by atomic mass is 10.1. The van der Waals surface area contributed by atoms with Crippen LogP contribution in [0.4, 0.5) is 8.78 Å². The van der Waals surface area contributed by atoms with Crippen LogP contribution in [0.3, 0.4) is 0 Å². The third-order valence-corrected chi connectivity index (χ3v) is 3.96. The summed E-state index contributed by atoms with van der Waals surface area (Å²) in [7, 11) is 3.83. The van der Waals surface area contributed by atoms with Crippen LogP contribution in [-0.4, -0.2) is 38.0 Å². The highest BCUT2D eigenvalue weighted by Gasteiger charge is 2.05. The molecule has 7 heteroatoms. The van der Waals surface area contributed by atoms with E-state index in [4.69, 9.17) is 0 Å². The quantitative estimate of drug-likeness (QED) is 0.327. The molecule has 0 saturated carbocycles. The minimum absolute atomic E-state index is 0. The maximum absolute atomic E-state index is 13.9. The first-order valence-corrected chi connectivity index (χ1v) is 9.16. The summed E-state index contributed by atoms with van der Waals surface area (Å²) >= 11 is 0. The summed E-state index contributed by atoms with van der Waals surface area (Å²) in [5, 5.41) is 6.44. The molecule has 0 heterocycles. The number of nitrogens with one attached hydrogen (secondary N) is 2. The Labute approximate surface area is 183 Å². The van der Waals surface area contributed by atoms with E-state index in [1.54, 1.807) is 12.1 Å². The average molecular weight is 502 g/mol. The Morgan fingerprint density at radius 2 is 1.82 bits per heavy atom. The Morgan fingerprint density at radius 1 is 1.04 bits per heavy atom. The molecule has 0 aromatic heterocycles. The fourth-order valence-corrected chi connectivity index (χ4v) is 2.72. The van der Waals surface area contributed by atoms with Crippen LogP contribution in [-0.2, 0) is 19.5 Å². The molecule has 2 N–H and O–H groups in total. The average Bonchev–Trinajstić information content (AvgIpc) is 2.62. The van der Waals surface area contributed by atoms with Gasteiger partial charge in [-0.3, -0.25) is 0 Å². The van der Waals surface area contributed by atoms with E-state index < -0.39 is 0 Å². The number of guanidine groups is 1. The monoisotopic (exact) mass is 502 g/mol. The number of benzene rings is 2. The lowest BCUT2D eigenvalue weighted by Crippen LogP contribution is -2.38. The summed E-state index contributed by atoms with van der Waals surface area (Å²) in [5.74, 6) is 0.266.